The van der Waals surface area contributed by atoms with Crippen molar-refractivity contribution >= 4 is 11.7 Å². The van der Waals surface area contributed by atoms with E-state index in [0.29, 0.717) is 13.2 Å². The van der Waals surface area contributed by atoms with Crippen LogP contribution in [0.4, 0.5) is 10.1 Å². The van der Waals surface area contributed by atoms with E-state index in [1.165, 1.54) is 13.2 Å². The summed E-state index contributed by atoms with van der Waals surface area (Å²) >= 11 is 0. The number of nitrogens with two attached hydrogens (primary N) is 1. The minimum atomic E-state index is -0.385. The Kier molecular flexibility index (Phi) is 3.32. The molecule has 1 aliphatic heterocycles. The summed E-state index contributed by atoms with van der Waals surface area (Å²) in [7, 11) is 1.43. The summed E-state index contributed by atoms with van der Waals surface area (Å²) in [6, 6.07) is 4.79. The molecule has 0 saturated carbocycles. The molecule has 2 rings (SSSR count). The first-order chi connectivity index (χ1) is 8.19. The Morgan fingerprint density at radius 3 is 3.12 bits per heavy atom. The maximum atomic E-state index is 13.2. The molecular formula is C11H14FN3O2. The van der Waals surface area contributed by atoms with Crippen molar-refractivity contribution in [2.45, 2.75) is 6.04 Å². The van der Waals surface area contributed by atoms with Gasteiger partial charge in [0.1, 0.15) is 12.6 Å². The highest BCUT2D eigenvalue weighted by atomic mass is 19.1. The summed E-state index contributed by atoms with van der Waals surface area (Å²) < 4.78 is 23.1. The second-order valence-corrected chi connectivity index (χ2v) is 3.66. The van der Waals surface area contributed by atoms with Gasteiger partial charge in [0.2, 0.25) is 0 Å². The fourth-order valence-electron chi connectivity index (χ4n) is 1.55. The molecule has 17 heavy (non-hydrogen) atoms. The average molecular weight is 239 g/mol. The lowest BCUT2D eigenvalue weighted by atomic mass is 10.2. The summed E-state index contributed by atoms with van der Waals surface area (Å²) in [5.74, 6) is -0.176. The number of methoxy groups -OCH3 is 1. The Morgan fingerprint density at radius 2 is 2.47 bits per heavy atom. The Labute approximate surface area is 98.4 Å². The van der Waals surface area contributed by atoms with Crippen LogP contribution in [0.1, 0.15) is 0 Å². The number of nitrogens with zero attached hydrogens (tertiary/aromatic N) is 1. The number of benzene rings is 1. The number of ether oxygens (including phenoxy) is 2. The van der Waals surface area contributed by atoms with Gasteiger partial charge in [-0.2, -0.15) is 0 Å². The molecule has 0 fully saturated rings. The van der Waals surface area contributed by atoms with Gasteiger partial charge in [0.05, 0.1) is 7.11 Å². The number of hydrogen-bond acceptors (Lipinski definition) is 5. The van der Waals surface area contributed by atoms with Gasteiger partial charge in [-0.05, 0) is 12.1 Å². The molecule has 0 amide bonds. The monoisotopic (exact) mass is 239 g/mol. The molecule has 92 valence electrons. The molecule has 1 aromatic rings. The predicted molar refractivity (Wildman–Crippen MR) is 62.8 cm³/mol. The lowest BCUT2D eigenvalue weighted by molar-refractivity contribution is 0.316. The number of anilines is 1. The molecule has 0 radical (unpaired) electrons. The van der Waals surface area contributed by atoms with E-state index >= 15 is 0 Å². The van der Waals surface area contributed by atoms with E-state index in [0.717, 1.165) is 5.69 Å². The van der Waals surface area contributed by atoms with Crippen LogP contribution in [-0.2, 0) is 4.74 Å². The molecular weight excluding hydrogens is 225 g/mol. The number of halogens is 1. The van der Waals surface area contributed by atoms with E-state index in [1.807, 2.05) is 0 Å². The number of amidine groups is 1. The van der Waals surface area contributed by atoms with Gasteiger partial charge < -0.3 is 20.5 Å². The summed E-state index contributed by atoms with van der Waals surface area (Å²) in [4.78, 5) is 4.07. The SMILES string of the molecule is COc1cc(NC[C@H]2COC(N)=N2)ccc1F. The summed E-state index contributed by atoms with van der Waals surface area (Å²) in [5.41, 5.74) is 6.16. The Balaban J connectivity index is 1.95. The molecule has 0 spiro atoms. The number of aliphatic imine (C=N–C) groups is 1. The molecule has 0 saturated heterocycles. The molecule has 3 N–H and O–H groups in total. The number of nitrogens with one attached hydrogen (secondary N) is 1. The highest BCUT2D eigenvalue weighted by Gasteiger charge is 2.16. The van der Waals surface area contributed by atoms with Crippen LogP contribution in [0.5, 0.6) is 5.75 Å². The lowest BCUT2D eigenvalue weighted by Gasteiger charge is -2.10. The van der Waals surface area contributed by atoms with Crippen molar-refractivity contribution in [1.29, 1.82) is 0 Å². The first-order valence-electron chi connectivity index (χ1n) is 5.22. The van der Waals surface area contributed by atoms with Crippen LogP contribution in [0.15, 0.2) is 23.2 Å². The topological polar surface area (TPSA) is 68.9 Å². The van der Waals surface area contributed by atoms with Crippen LogP contribution < -0.4 is 15.8 Å². The summed E-state index contributed by atoms with van der Waals surface area (Å²) in [6.07, 6.45) is 0. The van der Waals surface area contributed by atoms with Gasteiger partial charge in [0.15, 0.2) is 11.6 Å². The van der Waals surface area contributed by atoms with Gasteiger partial charge in [-0.25, -0.2) is 9.38 Å². The fraction of sp³-hybridized carbons (Fsp3) is 0.364. The van der Waals surface area contributed by atoms with Crippen molar-refractivity contribution in [2.24, 2.45) is 10.7 Å². The Morgan fingerprint density at radius 1 is 1.65 bits per heavy atom. The maximum Gasteiger partial charge on any atom is 0.282 e. The zero-order valence-electron chi connectivity index (χ0n) is 9.44. The Hall–Kier alpha value is -1.98. The highest BCUT2D eigenvalue weighted by Crippen LogP contribution is 2.21. The highest BCUT2D eigenvalue weighted by molar-refractivity contribution is 5.73. The molecule has 6 heteroatoms. The van der Waals surface area contributed by atoms with Gasteiger partial charge in [-0.3, -0.25) is 0 Å². The first-order valence-corrected chi connectivity index (χ1v) is 5.22. The van der Waals surface area contributed by atoms with Crippen LogP contribution in [0.25, 0.3) is 0 Å². The largest absolute Gasteiger partial charge is 0.494 e. The van der Waals surface area contributed by atoms with Crippen LogP contribution >= 0.6 is 0 Å². The van der Waals surface area contributed by atoms with Gasteiger partial charge in [0.25, 0.3) is 6.02 Å². The van der Waals surface area contributed by atoms with Crippen LogP contribution in [0.2, 0.25) is 0 Å². The van der Waals surface area contributed by atoms with Gasteiger partial charge in [-0.1, -0.05) is 0 Å². The third-order valence-electron chi connectivity index (χ3n) is 2.43. The van der Waals surface area contributed by atoms with Gasteiger partial charge in [-0.15, -0.1) is 0 Å². The molecule has 0 aromatic heterocycles. The van der Waals surface area contributed by atoms with Crippen molar-refractivity contribution in [3.63, 3.8) is 0 Å². The normalized spacial score (nSPS) is 18.5. The van der Waals surface area contributed by atoms with E-state index in [9.17, 15) is 4.39 Å². The Bertz CT molecular complexity index is 437. The molecule has 1 aliphatic rings. The van der Waals surface area contributed by atoms with E-state index in [4.69, 9.17) is 15.2 Å². The maximum absolute atomic E-state index is 13.2. The molecule has 1 atom stereocenters. The standard InChI is InChI=1S/C11H14FN3O2/c1-16-10-4-7(2-3-9(10)12)14-5-8-6-17-11(13)15-8/h2-4,8,14H,5-6H2,1H3,(H2,13,15)/t8-/m0/s1. The zero-order chi connectivity index (χ0) is 12.3. The average Bonchev–Trinajstić information content (AvgIpc) is 2.74. The molecule has 1 aromatic carbocycles. The first kappa shape index (κ1) is 11.5. The third kappa shape index (κ3) is 2.77. The van der Waals surface area contributed by atoms with Crippen LogP contribution in [0, 0.1) is 5.82 Å². The zero-order valence-corrected chi connectivity index (χ0v) is 9.44. The van der Waals surface area contributed by atoms with E-state index in [2.05, 4.69) is 10.3 Å². The van der Waals surface area contributed by atoms with E-state index in [-0.39, 0.29) is 23.6 Å². The molecule has 0 bridgehead atoms. The van der Waals surface area contributed by atoms with Crippen molar-refractivity contribution in [3.05, 3.63) is 24.0 Å². The second kappa shape index (κ2) is 4.90. The third-order valence-corrected chi connectivity index (χ3v) is 2.43. The minimum Gasteiger partial charge on any atom is -0.494 e. The lowest BCUT2D eigenvalue weighted by Crippen LogP contribution is -2.19. The van der Waals surface area contributed by atoms with Crippen LogP contribution in [-0.4, -0.2) is 32.3 Å². The molecule has 0 unspecified atom stereocenters. The molecule has 1 heterocycles. The predicted octanol–water partition coefficient (Wildman–Crippen LogP) is 0.960. The van der Waals surface area contributed by atoms with Crippen molar-refractivity contribution in [3.8, 4) is 5.75 Å². The molecule has 5 nitrogen and oxygen atoms in total. The van der Waals surface area contributed by atoms with Crippen molar-refractivity contribution < 1.29 is 13.9 Å². The number of hydrogen-bond donors (Lipinski definition) is 2. The van der Waals surface area contributed by atoms with Crippen molar-refractivity contribution in [2.75, 3.05) is 25.6 Å². The molecule has 0 aliphatic carbocycles. The minimum absolute atomic E-state index is 0.00829. The smallest absolute Gasteiger partial charge is 0.282 e. The van der Waals surface area contributed by atoms with Crippen LogP contribution in [0.3, 0.4) is 0 Å². The summed E-state index contributed by atoms with van der Waals surface area (Å²) in [5, 5.41) is 3.12. The van der Waals surface area contributed by atoms with E-state index < -0.39 is 0 Å². The van der Waals surface area contributed by atoms with E-state index in [1.54, 1.807) is 12.1 Å². The van der Waals surface area contributed by atoms with Gasteiger partial charge in [0, 0.05) is 18.3 Å². The second-order valence-electron chi connectivity index (χ2n) is 3.66. The fourth-order valence-corrected chi connectivity index (χ4v) is 1.55. The summed E-state index contributed by atoms with van der Waals surface area (Å²) in [6.45, 7) is 1.05. The van der Waals surface area contributed by atoms with Crippen molar-refractivity contribution in [1.82, 2.24) is 0 Å². The quantitative estimate of drug-likeness (QED) is 0.821. The van der Waals surface area contributed by atoms with Gasteiger partial charge >= 0.3 is 0 Å². The number of rotatable bonds is 4.